The van der Waals surface area contributed by atoms with Gasteiger partial charge in [-0.2, -0.15) is 0 Å². The number of rotatable bonds is 1. The van der Waals surface area contributed by atoms with Crippen LogP contribution in [0, 0.1) is 29.3 Å². The predicted molar refractivity (Wildman–Crippen MR) is 51.6 cm³/mol. The average molecular weight is 263 g/mol. The van der Waals surface area contributed by atoms with E-state index in [0.29, 0.717) is 11.8 Å². The summed E-state index contributed by atoms with van der Waals surface area (Å²) in [5, 5.41) is 0.658. The number of hydrogen-bond acceptors (Lipinski definition) is 0. The van der Waals surface area contributed by atoms with Crippen molar-refractivity contribution in [3.8, 4) is 11.8 Å². The van der Waals surface area contributed by atoms with Crippen LogP contribution in [0.15, 0.2) is 12.1 Å². The normalized spacial score (nSPS) is 9.43. The lowest BCUT2D eigenvalue weighted by Crippen LogP contribution is -1.93. The highest BCUT2D eigenvalue weighted by Crippen LogP contribution is 2.13. The molecule has 0 N–H and O–H groups in total. The lowest BCUT2D eigenvalue weighted by Gasteiger charge is -1.96. The maximum Gasteiger partial charge on any atom is 0.195 e. The van der Waals surface area contributed by atoms with Gasteiger partial charge >= 0.3 is 0 Å². The zero-order chi connectivity index (χ0) is 10.6. The molecular formula is C10H6BrF3. The molecule has 0 saturated carbocycles. The van der Waals surface area contributed by atoms with E-state index in [0.717, 1.165) is 12.1 Å². The molecule has 0 unspecified atom stereocenters. The van der Waals surface area contributed by atoms with Crippen LogP contribution in [0.4, 0.5) is 13.2 Å². The Morgan fingerprint density at radius 1 is 1.14 bits per heavy atom. The quantitative estimate of drug-likeness (QED) is 0.414. The van der Waals surface area contributed by atoms with Crippen molar-refractivity contribution >= 4 is 15.9 Å². The summed E-state index contributed by atoms with van der Waals surface area (Å²) < 4.78 is 38.1. The summed E-state index contributed by atoms with van der Waals surface area (Å²) in [4.78, 5) is 0. The van der Waals surface area contributed by atoms with E-state index in [1.807, 2.05) is 0 Å². The van der Waals surface area contributed by atoms with E-state index in [-0.39, 0.29) is 5.56 Å². The second-order valence-corrected chi connectivity index (χ2v) is 3.26. The molecule has 0 radical (unpaired) electrons. The van der Waals surface area contributed by atoms with E-state index in [1.165, 1.54) is 0 Å². The number of benzene rings is 1. The van der Waals surface area contributed by atoms with Gasteiger partial charge in [0.05, 0.1) is 5.56 Å². The fraction of sp³-hybridized carbons (Fsp3) is 0.200. The minimum atomic E-state index is -1.48. The first-order valence-electron chi connectivity index (χ1n) is 3.85. The van der Waals surface area contributed by atoms with Gasteiger partial charge in [-0.05, 0) is 12.1 Å². The molecule has 0 atom stereocenters. The molecule has 0 bridgehead atoms. The molecule has 1 aromatic carbocycles. The highest BCUT2D eigenvalue weighted by atomic mass is 79.9. The van der Waals surface area contributed by atoms with Crippen LogP contribution < -0.4 is 0 Å². The monoisotopic (exact) mass is 262 g/mol. The van der Waals surface area contributed by atoms with Crippen LogP contribution in [0.5, 0.6) is 0 Å². The van der Waals surface area contributed by atoms with E-state index in [9.17, 15) is 13.2 Å². The largest absolute Gasteiger partial charge is 0.204 e. The molecule has 0 heterocycles. The molecule has 1 aromatic rings. The minimum absolute atomic E-state index is 0.121. The van der Waals surface area contributed by atoms with Gasteiger partial charge in [0.2, 0.25) is 0 Å². The molecule has 0 aliphatic carbocycles. The van der Waals surface area contributed by atoms with Gasteiger partial charge < -0.3 is 0 Å². The molecule has 1 rings (SSSR count). The Kier molecular flexibility index (Phi) is 4.02. The smallest absolute Gasteiger partial charge is 0.195 e. The van der Waals surface area contributed by atoms with E-state index in [1.54, 1.807) is 0 Å². The van der Waals surface area contributed by atoms with Crippen LogP contribution in [0.25, 0.3) is 0 Å². The van der Waals surface area contributed by atoms with Crippen molar-refractivity contribution in [2.24, 2.45) is 0 Å². The maximum atomic E-state index is 13.0. The molecule has 0 saturated heterocycles. The number of hydrogen-bond donors (Lipinski definition) is 0. The molecule has 0 aromatic heterocycles. The second-order valence-electron chi connectivity index (χ2n) is 2.46. The van der Waals surface area contributed by atoms with E-state index < -0.39 is 17.5 Å². The fourth-order valence-corrected chi connectivity index (χ4v) is 1.03. The van der Waals surface area contributed by atoms with Crippen molar-refractivity contribution in [1.82, 2.24) is 0 Å². The first kappa shape index (κ1) is 11.1. The highest BCUT2D eigenvalue weighted by molar-refractivity contribution is 9.09. The summed E-state index contributed by atoms with van der Waals surface area (Å²) in [6.07, 6.45) is 0.526. The lowest BCUT2D eigenvalue weighted by atomic mass is 10.2. The SMILES string of the molecule is Fc1ccc(C#CCCBr)c(F)c1F. The van der Waals surface area contributed by atoms with Crippen molar-refractivity contribution < 1.29 is 13.2 Å². The van der Waals surface area contributed by atoms with Crippen LogP contribution in [0.3, 0.4) is 0 Å². The maximum absolute atomic E-state index is 13.0. The molecule has 14 heavy (non-hydrogen) atoms. The molecule has 0 aliphatic rings. The van der Waals surface area contributed by atoms with Gasteiger partial charge in [-0.15, -0.1) is 0 Å². The Labute approximate surface area is 88.3 Å². The molecule has 0 aliphatic heterocycles. The fourth-order valence-electron chi connectivity index (χ4n) is 0.827. The van der Waals surface area contributed by atoms with Crippen molar-refractivity contribution in [2.75, 3.05) is 5.33 Å². The van der Waals surface area contributed by atoms with E-state index in [2.05, 4.69) is 27.8 Å². The Morgan fingerprint density at radius 3 is 2.50 bits per heavy atom. The van der Waals surface area contributed by atoms with E-state index in [4.69, 9.17) is 0 Å². The van der Waals surface area contributed by atoms with Gasteiger partial charge in [-0.3, -0.25) is 0 Å². The summed E-state index contributed by atoms with van der Waals surface area (Å²) in [6, 6.07) is 1.98. The molecule has 0 amide bonds. The van der Waals surface area contributed by atoms with Crippen molar-refractivity contribution in [3.63, 3.8) is 0 Å². The standard InChI is InChI=1S/C10H6BrF3/c11-6-2-1-3-7-4-5-8(12)10(14)9(7)13/h4-5H,2,6H2. The van der Waals surface area contributed by atoms with Gasteiger partial charge in [0, 0.05) is 11.8 Å². The molecular weight excluding hydrogens is 257 g/mol. The average Bonchev–Trinajstić information content (AvgIpc) is 2.18. The summed E-state index contributed by atoms with van der Waals surface area (Å²) in [6.45, 7) is 0. The van der Waals surface area contributed by atoms with E-state index >= 15 is 0 Å². The molecule has 0 spiro atoms. The molecule has 4 heteroatoms. The van der Waals surface area contributed by atoms with Crippen molar-refractivity contribution in [2.45, 2.75) is 6.42 Å². The Hall–Kier alpha value is -0.950. The summed E-state index contributed by atoms with van der Waals surface area (Å²) >= 11 is 3.14. The lowest BCUT2D eigenvalue weighted by molar-refractivity contribution is 0.446. The summed E-state index contributed by atoms with van der Waals surface area (Å²) in [5.41, 5.74) is -0.121. The third-order valence-corrected chi connectivity index (χ3v) is 1.87. The van der Waals surface area contributed by atoms with Gasteiger partial charge in [0.1, 0.15) is 0 Å². The first-order valence-corrected chi connectivity index (χ1v) is 4.97. The highest BCUT2D eigenvalue weighted by Gasteiger charge is 2.11. The third-order valence-electron chi connectivity index (χ3n) is 1.48. The van der Waals surface area contributed by atoms with Crippen molar-refractivity contribution in [3.05, 3.63) is 35.1 Å². The van der Waals surface area contributed by atoms with Gasteiger partial charge in [0.15, 0.2) is 17.5 Å². The van der Waals surface area contributed by atoms with Gasteiger partial charge in [0.25, 0.3) is 0 Å². The third kappa shape index (κ3) is 2.52. The predicted octanol–water partition coefficient (Wildman–Crippen LogP) is 3.24. The summed E-state index contributed by atoms with van der Waals surface area (Å²) in [5.74, 6) is 1.13. The Morgan fingerprint density at radius 2 is 1.86 bits per heavy atom. The molecule has 0 fully saturated rings. The number of alkyl halides is 1. The van der Waals surface area contributed by atoms with Crippen LogP contribution >= 0.6 is 15.9 Å². The Bertz CT molecular complexity index is 390. The zero-order valence-electron chi connectivity index (χ0n) is 7.08. The number of halogens is 4. The van der Waals surface area contributed by atoms with Crippen LogP contribution in [-0.4, -0.2) is 5.33 Å². The molecule has 74 valence electrons. The summed E-state index contributed by atoms with van der Waals surface area (Å²) in [7, 11) is 0. The van der Waals surface area contributed by atoms with Crippen LogP contribution in [-0.2, 0) is 0 Å². The zero-order valence-corrected chi connectivity index (χ0v) is 8.67. The van der Waals surface area contributed by atoms with Gasteiger partial charge in [-0.25, -0.2) is 13.2 Å². The topological polar surface area (TPSA) is 0 Å². The first-order chi connectivity index (χ1) is 6.66. The minimum Gasteiger partial charge on any atom is -0.204 e. The van der Waals surface area contributed by atoms with Crippen LogP contribution in [0.2, 0.25) is 0 Å². The molecule has 0 nitrogen and oxygen atoms in total. The van der Waals surface area contributed by atoms with Crippen LogP contribution in [0.1, 0.15) is 12.0 Å². The van der Waals surface area contributed by atoms with Gasteiger partial charge in [-0.1, -0.05) is 27.8 Å². The second kappa shape index (κ2) is 5.06. The Balaban J connectivity index is 3.02. The van der Waals surface area contributed by atoms with Crippen molar-refractivity contribution in [1.29, 1.82) is 0 Å².